The van der Waals surface area contributed by atoms with Crippen LogP contribution < -0.4 is 4.74 Å². The molecule has 0 N–H and O–H groups in total. The van der Waals surface area contributed by atoms with Crippen molar-refractivity contribution < 1.29 is 9.53 Å². The zero-order chi connectivity index (χ0) is 13.0. The number of carbonyl (C=O) groups is 1. The molecule has 1 aromatic carbocycles. The number of rotatable bonds is 5. The van der Waals surface area contributed by atoms with Crippen molar-refractivity contribution in [3.05, 3.63) is 29.3 Å². The van der Waals surface area contributed by atoms with Gasteiger partial charge in [0, 0.05) is 0 Å². The van der Waals surface area contributed by atoms with E-state index in [9.17, 15) is 4.79 Å². The van der Waals surface area contributed by atoms with Gasteiger partial charge in [-0.3, -0.25) is 4.79 Å². The predicted octanol–water partition coefficient (Wildman–Crippen LogP) is 4.02. The van der Waals surface area contributed by atoms with Crippen molar-refractivity contribution >= 4 is 17.4 Å². The lowest BCUT2D eigenvalue weighted by atomic mass is 9.97. The van der Waals surface area contributed by atoms with E-state index in [1.807, 2.05) is 25.1 Å². The van der Waals surface area contributed by atoms with E-state index in [1.54, 1.807) is 6.92 Å². The highest BCUT2D eigenvalue weighted by molar-refractivity contribution is 6.33. The molecular formula is C14H19ClO2. The zero-order valence-electron chi connectivity index (χ0n) is 10.8. The molecule has 2 nitrogen and oxygen atoms in total. The average molecular weight is 255 g/mol. The molecule has 0 aliphatic heterocycles. The topological polar surface area (TPSA) is 26.3 Å². The smallest absolute Gasteiger partial charge is 0.184 e. The number of benzene rings is 1. The molecule has 17 heavy (non-hydrogen) atoms. The second-order valence-corrected chi connectivity index (χ2v) is 4.98. The first-order valence-electron chi connectivity index (χ1n) is 5.92. The molecule has 0 aromatic heterocycles. The van der Waals surface area contributed by atoms with Gasteiger partial charge in [-0.25, -0.2) is 0 Å². The summed E-state index contributed by atoms with van der Waals surface area (Å²) in [5.41, 5.74) is 1.70. The molecule has 1 atom stereocenters. The summed E-state index contributed by atoms with van der Waals surface area (Å²) in [5.74, 6) is 0.912. The second kappa shape index (κ2) is 6.06. The van der Waals surface area contributed by atoms with E-state index in [1.165, 1.54) is 0 Å². The highest BCUT2D eigenvalue weighted by Crippen LogP contribution is 2.26. The normalized spacial score (nSPS) is 12.6. The van der Waals surface area contributed by atoms with Crippen molar-refractivity contribution in [2.75, 3.05) is 6.61 Å². The summed E-state index contributed by atoms with van der Waals surface area (Å²) in [7, 11) is 0. The fourth-order valence-corrected chi connectivity index (χ4v) is 1.71. The van der Waals surface area contributed by atoms with E-state index in [0.29, 0.717) is 23.8 Å². The van der Waals surface area contributed by atoms with Crippen LogP contribution in [0.3, 0.4) is 0 Å². The molecule has 1 unspecified atom stereocenters. The Bertz CT molecular complexity index is 397. The van der Waals surface area contributed by atoms with Crippen LogP contribution in [-0.2, 0) is 0 Å². The summed E-state index contributed by atoms with van der Waals surface area (Å²) in [6, 6.07) is 5.73. The van der Waals surface area contributed by atoms with Crippen molar-refractivity contribution in [1.29, 1.82) is 0 Å². The molecule has 0 amide bonds. The van der Waals surface area contributed by atoms with Gasteiger partial charge < -0.3 is 4.74 Å². The van der Waals surface area contributed by atoms with E-state index in [0.717, 1.165) is 5.56 Å². The summed E-state index contributed by atoms with van der Waals surface area (Å²) < 4.78 is 5.46. The Hall–Kier alpha value is -1.02. The third-order valence-corrected chi connectivity index (χ3v) is 2.80. The molecule has 0 aliphatic rings. The Morgan fingerprint density at radius 2 is 2.00 bits per heavy atom. The first-order valence-corrected chi connectivity index (χ1v) is 6.36. The van der Waals surface area contributed by atoms with E-state index >= 15 is 0 Å². The van der Waals surface area contributed by atoms with Crippen LogP contribution in [0.1, 0.15) is 49.5 Å². The number of halogens is 1. The minimum atomic E-state index is -0.531. The molecule has 0 spiro atoms. The quantitative estimate of drug-likeness (QED) is 0.586. The average Bonchev–Trinajstić information content (AvgIpc) is 2.28. The van der Waals surface area contributed by atoms with Crippen LogP contribution >= 0.6 is 11.6 Å². The molecule has 1 aromatic rings. The van der Waals surface area contributed by atoms with Gasteiger partial charge >= 0.3 is 0 Å². The molecule has 3 heteroatoms. The SMILES string of the molecule is CCOc1ccc(C(C)C)cc1C(=O)C(C)Cl. The van der Waals surface area contributed by atoms with Crippen LogP contribution in [0.5, 0.6) is 5.75 Å². The van der Waals surface area contributed by atoms with Crippen LogP contribution in [-0.4, -0.2) is 17.8 Å². The first-order chi connectivity index (χ1) is 7.97. The Morgan fingerprint density at radius 3 is 2.47 bits per heavy atom. The van der Waals surface area contributed by atoms with Gasteiger partial charge in [0.15, 0.2) is 5.78 Å². The third kappa shape index (κ3) is 3.47. The van der Waals surface area contributed by atoms with Gasteiger partial charge in [-0.1, -0.05) is 19.9 Å². The van der Waals surface area contributed by atoms with Gasteiger partial charge in [0.2, 0.25) is 0 Å². The predicted molar refractivity (Wildman–Crippen MR) is 71.3 cm³/mol. The second-order valence-electron chi connectivity index (χ2n) is 4.32. The minimum absolute atomic E-state index is 0.0855. The Morgan fingerprint density at radius 1 is 1.35 bits per heavy atom. The summed E-state index contributed by atoms with van der Waals surface area (Å²) in [6.45, 7) is 8.30. The number of alkyl halides is 1. The molecule has 0 radical (unpaired) electrons. The van der Waals surface area contributed by atoms with Crippen molar-refractivity contribution in [3.8, 4) is 5.75 Å². The molecule has 0 fully saturated rings. The lowest BCUT2D eigenvalue weighted by Gasteiger charge is -2.13. The lowest BCUT2D eigenvalue weighted by molar-refractivity contribution is 0.0988. The molecule has 0 saturated carbocycles. The lowest BCUT2D eigenvalue weighted by Crippen LogP contribution is -2.13. The fourth-order valence-electron chi connectivity index (χ4n) is 1.59. The van der Waals surface area contributed by atoms with Gasteiger partial charge in [0.05, 0.1) is 17.5 Å². The number of Topliss-reactive ketones (excluding diaryl/α,β-unsaturated/α-hetero) is 1. The Kier molecular flexibility index (Phi) is 5.01. The van der Waals surface area contributed by atoms with Crippen molar-refractivity contribution in [2.45, 2.75) is 39.0 Å². The summed E-state index contributed by atoms with van der Waals surface area (Å²) in [5, 5.41) is -0.531. The summed E-state index contributed by atoms with van der Waals surface area (Å²) in [6.07, 6.45) is 0. The molecular weight excluding hydrogens is 236 g/mol. The standard InChI is InChI=1S/C14H19ClO2/c1-5-17-13-7-6-11(9(2)3)8-12(13)14(16)10(4)15/h6-10H,5H2,1-4H3. The Labute approximate surface area is 108 Å². The molecule has 0 aliphatic carbocycles. The largest absolute Gasteiger partial charge is 0.493 e. The highest BCUT2D eigenvalue weighted by Gasteiger charge is 2.18. The van der Waals surface area contributed by atoms with Crippen molar-refractivity contribution in [2.24, 2.45) is 0 Å². The monoisotopic (exact) mass is 254 g/mol. The number of ketones is 1. The maximum atomic E-state index is 12.0. The highest BCUT2D eigenvalue weighted by atomic mass is 35.5. The fraction of sp³-hybridized carbons (Fsp3) is 0.500. The third-order valence-electron chi connectivity index (χ3n) is 2.60. The van der Waals surface area contributed by atoms with Gasteiger partial charge in [-0.15, -0.1) is 11.6 Å². The van der Waals surface area contributed by atoms with Crippen molar-refractivity contribution in [3.63, 3.8) is 0 Å². The molecule has 94 valence electrons. The summed E-state index contributed by atoms with van der Waals surface area (Å²) in [4.78, 5) is 12.0. The number of hydrogen-bond acceptors (Lipinski definition) is 2. The van der Waals surface area contributed by atoms with Crippen LogP contribution in [0.15, 0.2) is 18.2 Å². The van der Waals surface area contributed by atoms with E-state index in [-0.39, 0.29) is 5.78 Å². The van der Waals surface area contributed by atoms with Gasteiger partial charge in [0.1, 0.15) is 5.75 Å². The summed E-state index contributed by atoms with van der Waals surface area (Å²) >= 11 is 5.86. The number of hydrogen-bond donors (Lipinski definition) is 0. The maximum absolute atomic E-state index is 12.0. The van der Waals surface area contributed by atoms with Crippen LogP contribution in [0.2, 0.25) is 0 Å². The van der Waals surface area contributed by atoms with Gasteiger partial charge in [-0.05, 0) is 37.5 Å². The van der Waals surface area contributed by atoms with Gasteiger partial charge in [0.25, 0.3) is 0 Å². The van der Waals surface area contributed by atoms with Gasteiger partial charge in [-0.2, -0.15) is 0 Å². The minimum Gasteiger partial charge on any atom is -0.493 e. The molecule has 1 rings (SSSR count). The van der Waals surface area contributed by atoms with Crippen LogP contribution in [0, 0.1) is 0 Å². The Balaban J connectivity index is 3.20. The maximum Gasteiger partial charge on any atom is 0.184 e. The van der Waals surface area contributed by atoms with Crippen molar-refractivity contribution in [1.82, 2.24) is 0 Å². The van der Waals surface area contributed by atoms with Crippen LogP contribution in [0.4, 0.5) is 0 Å². The zero-order valence-corrected chi connectivity index (χ0v) is 11.5. The molecule has 0 heterocycles. The first kappa shape index (κ1) is 14.0. The van der Waals surface area contributed by atoms with E-state index in [2.05, 4.69) is 13.8 Å². The van der Waals surface area contributed by atoms with Crippen LogP contribution in [0.25, 0.3) is 0 Å². The molecule has 0 bridgehead atoms. The number of carbonyl (C=O) groups excluding carboxylic acids is 1. The van der Waals surface area contributed by atoms with E-state index < -0.39 is 5.38 Å². The number of ether oxygens (including phenoxy) is 1. The molecule has 0 saturated heterocycles. The van der Waals surface area contributed by atoms with E-state index in [4.69, 9.17) is 16.3 Å².